The van der Waals surface area contributed by atoms with Gasteiger partial charge in [0.1, 0.15) is 11.1 Å². The van der Waals surface area contributed by atoms with Crippen LogP contribution in [0, 0.1) is 18.3 Å². The number of nitrogens with two attached hydrogens (primary N) is 2. The van der Waals surface area contributed by atoms with Crippen LogP contribution in [0.1, 0.15) is 35.1 Å². The van der Waals surface area contributed by atoms with Gasteiger partial charge >= 0.3 is 0 Å². The van der Waals surface area contributed by atoms with Crippen LogP contribution in [0.2, 0.25) is 5.02 Å². The summed E-state index contributed by atoms with van der Waals surface area (Å²) in [5.74, 6) is -0.766. The van der Waals surface area contributed by atoms with Crippen LogP contribution in [0.15, 0.2) is 88.9 Å². The smallest absolute Gasteiger partial charge is 0.264 e. The number of aromatic nitrogens is 1. The number of rotatable bonds is 18. The number of hydrazine groups is 1. The van der Waals surface area contributed by atoms with E-state index in [0.29, 0.717) is 46.3 Å². The minimum absolute atomic E-state index is 0.0939. The molecule has 266 valence electrons. The van der Waals surface area contributed by atoms with Gasteiger partial charge in [-0.2, -0.15) is 5.26 Å². The van der Waals surface area contributed by atoms with Crippen molar-refractivity contribution in [3.8, 4) is 17.2 Å². The van der Waals surface area contributed by atoms with E-state index in [9.17, 15) is 19.6 Å². The number of amides is 3. The van der Waals surface area contributed by atoms with Gasteiger partial charge in [-0.3, -0.25) is 24.8 Å². The fraction of sp³-hybridized carbons (Fsp3) is 0.270. The number of aryl methyl sites for hydroxylation is 1. The van der Waals surface area contributed by atoms with Crippen molar-refractivity contribution in [2.75, 3.05) is 25.6 Å². The molecule has 0 saturated heterocycles. The third-order valence-corrected chi connectivity index (χ3v) is 9.72. The highest BCUT2D eigenvalue weighted by molar-refractivity contribution is 7.99. The average molecular weight is 728 g/mol. The largest absolute Gasteiger partial charge is 0.355 e. The zero-order valence-corrected chi connectivity index (χ0v) is 30.1. The quantitative estimate of drug-likeness (QED) is 0.0643. The lowest BCUT2D eigenvalue weighted by atomic mass is 10.0. The van der Waals surface area contributed by atoms with Gasteiger partial charge in [0.2, 0.25) is 12.3 Å². The summed E-state index contributed by atoms with van der Waals surface area (Å²) in [6, 6.07) is 22.7. The van der Waals surface area contributed by atoms with Crippen LogP contribution in [-0.4, -0.2) is 60.4 Å². The van der Waals surface area contributed by atoms with Crippen molar-refractivity contribution in [3.05, 3.63) is 106 Å². The standard InChI is InChI=1S/C37H42ClN9O3S/c1-24-7-3-4-9-31(24)46-47(2)37(50)33(20-41)45-35(49)32(10-5-15-39)44-22-27-8-6-16-43-36(27)51-34-29(21-42-23-48)17-28(18-30(34)38)26-13-11-25(19-40)12-14-26/h3-4,6-9,11-14,16-18,23,32-33,44,46H,5,10,15,20-22,39,41H2,1-2H3,(H,42,48)(H,45,49)/t32-,33-/m0/s1. The molecule has 2 atom stereocenters. The van der Waals surface area contributed by atoms with Gasteiger partial charge in [-0.05, 0) is 90.5 Å². The molecule has 0 bridgehead atoms. The minimum atomic E-state index is -0.960. The highest BCUT2D eigenvalue weighted by Gasteiger charge is 2.27. The molecule has 0 aliphatic carbocycles. The number of anilines is 1. The summed E-state index contributed by atoms with van der Waals surface area (Å²) in [7, 11) is 1.59. The third-order valence-electron chi connectivity index (χ3n) is 8.06. The van der Waals surface area contributed by atoms with Crippen molar-refractivity contribution in [2.45, 2.75) is 54.9 Å². The number of nitrogens with one attached hydrogen (secondary N) is 4. The summed E-state index contributed by atoms with van der Waals surface area (Å²) < 4.78 is 0. The van der Waals surface area contributed by atoms with E-state index in [2.05, 4.69) is 32.4 Å². The van der Waals surface area contributed by atoms with E-state index in [0.717, 1.165) is 33.5 Å². The van der Waals surface area contributed by atoms with E-state index in [-0.39, 0.29) is 31.4 Å². The van der Waals surface area contributed by atoms with Gasteiger partial charge in [-0.25, -0.2) is 4.98 Å². The third kappa shape index (κ3) is 10.8. The van der Waals surface area contributed by atoms with Crippen molar-refractivity contribution < 1.29 is 14.4 Å². The van der Waals surface area contributed by atoms with Gasteiger partial charge in [0, 0.05) is 37.8 Å². The zero-order valence-electron chi connectivity index (χ0n) is 28.5. The molecule has 4 aromatic rings. The van der Waals surface area contributed by atoms with Crippen LogP contribution >= 0.6 is 23.4 Å². The molecule has 0 radical (unpaired) electrons. The van der Waals surface area contributed by atoms with E-state index in [1.807, 2.05) is 61.5 Å². The number of likely N-dealkylation sites (N-methyl/N-ethyl adjacent to an activating group) is 1. The average Bonchev–Trinajstić information content (AvgIpc) is 3.15. The SMILES string of the molecule is Cc1ccccc1NN(C)C(=O)[C@H](CN)NC(=O)[C@H](CCCN)NCc1cccnc1Sc1c(Cl)cc(-c2ccc(C#N)cc2)cc1CNC=O. The normalized spacial score (nSPS) is 11.9. The van der Waals surface area contributed by atoms with Crippen molar-refractivity contribution in [3.63, 3.8) is 0 Å². The molecule has 3 aromatic carbocycles. The molecule has 0 unspecified atom stereocenters. The number of benzene rings is 3. The Morgan fingerprint density at radius 2 is 1.78 bits per heavy atom. The molecule has 3 amide bonds. The summed E-state index contributed by atoms with van der Waals surface area (Å²) >= 11 is 8.22. The molecule has 1 aromatic heterocycles. The Balaban J connectivity index is 1.50. The first kappa shape index (κ1) is 38.8. The highest BCUT2D eigenvalue weighted by Crippen LogP contribution is 2.39. The van der Waals surface area contributed by atoms with Crippen LogP contribution in [0.3, 0.4) is 0 Å². The Labute approximate surface area is 307 Å². The minimum Gasteiger partial charge on any atom is -0.355 e. The summed E-state index contributed by atoms with van der Waals surface area (Å²) in [4.78, 5) is 43.5. The number of hydrogen-bond acceptors (Lipinski definition) is 10. The van der Waals surface area contributed by atoms with Gasteiger partial charge in [0.25, 0.3) is 5.91 Å². The summed E-state index contributed by atoms with van der Waals surface area (Å²) in [6.07, 6.45) is 3.30. The number of carbonyl (C=O) groups excluding carboxylic acids is 3. The van der Waals surface area contributed by atoms with Gasteiger partial charge < -0.3 is 27.4 Å². The summed E-state index contributed by atoms with van der Waals surface area (Å²) in [5, 5.41) is 20.5. The van der Waals surface area contributed by atoms with Crippen molar-refractivity contribution >= 4 is 47.3 Å². The van der Waals surface area contributed by atoms with Crippen LogP contribution in [0.25, 0.3) is 11.1 Å². The lowest BCUT2D eigenvalue weighted by Gasteiger charge is -2.27. The number of para-hydroxylation sites is 1. The summed E-state index contributed by atoms with van der Waals surface area (Å²) in [6.45, 7) is 2.72. The van der Waals surface area contributed by atoms with Crippen LogP contribution in [-0.2, 0) is 27.5 Å². The zero-order chi connectivity index (χ0) is 36.8. The Morgan fingerprint density at radius 1 is 1.02 bits per heavy atom. The molecular formula is C37H42ClN9O3S. The second-order valence-corrected chi connectivity index (χ2v) is 13.1. The van der Waals surface area contributed by atoms with Crippen molar-refractivity contribution in [2.24, 2.45) is 11.5 Å². The first-order valence-corrected chi connectivity index (χ1v) is 17.5. The predicted octanol–water partition coefficient (Wildman–Crippen LogP) is 4.11. The fourth-order valence-corrected chi connectivity index (χ4v) is 6.59. The number of hydrogen-bond donors (Lipinski definition) is 6. The molecule has 0 fully saturated rings. The number of nitriles is 1. The molecule has 1 heterocycles. The van der Waals surface area contributed by atoms with Crippen LogP contribution < -0.4 is 32.8 Å². The second kappa shape index (κ2) is 19.4. The van der Waals surface area contributed by atoms with Crippen molar-refractivity contribution in [1.29, 1.82) is 5.26 Å². The van der Waals surface area contributed by atoms with E-state index in [4.69, 9.17) is 23.1 Å². The molecular weight excluding hydrogens is 686 g/mol. The van der Waals surface area contributed by atoms with E-state index >= 15 is 0 Å². The molecule has 4 rings (SSSR count). The Bertz CT molecular complexity index is 1850. The van der Waals surface area contributed by atoms with Gasteiger partial charge in [0.15, 0.2) is 0 Å². The van der Waals surface area contributed by atoms with E-state index < -0.39 is 12.1 Å². The van der Waals surface area contributed by atoms with Crippen LogP contribution in [0.4, 0.5) is 5.69 Å². The fourth-order valence-electron chi connectivity index (χ4n) is 5.24. The second-order valence-electron chi connectivity index (χ2n) is 11.7. The number of nitrogens with zero attached hydrogens (tertiary/aromatic N) is 3. The maximum Gasteiger partial charge on any atom is 0.264 e. The molecule has 12 nitrogen and oxygen atoms in total. The van der Waals surface area contributed by atoms with Crippen LogP contribution in [0.5, 0.6) is 0 Å². The Kier molecular flexibility index (Phi) is 14.8. The number of carbonyl (C=O) groups is 3. The molecule has 14 heteroatoms. The number of halogens is 1. The first-order valence-electron chi connectivity index (χ1n) is 16.3. The van der Waals surface area contributed by atoms with Gasteiger partial charge in [-0.15, -0.1) is 0 Å². The van der Waals surface area contributed by atoms with Gasteiger partial charge in [-0.1, -0.05) is 59.8 Å². The summed E-state index contributed by atoms with van der Waals surface area (Å²) in [5.41, 5.74) is 20.4. The predicted molar refractivity (Wildman–Crippen MR) is 200 cm³/mol. The molecule has 0 aliphatic rings. The molecule has 51 heavy (non-hydrogen) atoms. The topological polar surface area (TPSA) is 191 Å². The molecule has 8 N–H and O–H groups in total. The molecule has 0 saturated carbocycles. The monoisotopic (exact) mass is 727 g/mol. The molecule has 0 aliphatic heterocycles. The Hall–Kier alpha value is -4.97. The first-order chi connectivity index (χ1) is 24.7. The van der Waals surface area contributed by atoms with Crippen molar-refractivity contribution in [1.82, 2.24) is 25.9 Å². The maximum atomic E-state index is 13.6. The number of pyridine rings is 1. The van der Waals surface area contributed by atoms with Gasteiger partial charge in [0.05, 0.1) is 28.4 Å². The molecule has 0 spiro atoms. The lowest BCUT2D eigenvalue weighted by molar-refractivity contribution is -0.134. The highest BCUT2D eigenvalue weighted by atomic mass is 35.5. The lowest BCUT2D eigenvalue weighted by Crippen LogP contribution is -2.56. The maximum absolute atomic E-state index is 13.6. The van der Waals surface area contributed by atoms with E-state index in [1.165, 1.54) is 16.8 Å². The Morgan fingerprint density at radius 3 is 2.47 bits per heavy atom. The van der Waals surface area contributed by atoms with E-state index in [1.54, 1.807) is 31.4 Å².